The number of carbonyl (C=O) groups excluding carboxylic acids is 1. The molecule has 1 unspecified atom stereocenters. The largest absolute Gasteiger partial charge is 0.376 e. The maximum absolute atomic E-state index is 13.1. The highest BCUT2D eigenvalue weighted by Crippen LogP contribution is 2.16. The van der Waals surface area contributed by atoms with Gasteiger partial charge in [0.2, 0.25) is 5.91 Å². The second kappa shape index (κ2) is 8.97. The van der Waals surface area contributed by atoms with E-state index in [0.29, 0.717) is 18.1 Å². The Morgan fingerprint density at radius 1 is 1.19 bits per heavy atom. The topological polar surface area (TPSA) is 29.5 Å². The first-order valence-electron chi connectivity index (χ1n) is 8.69. The minimum atomic E-state index is -0.284. The molecule has 3 nitrogen and oxygen atoms in total. The van der Waals surface area contributed by atoms with Crippen LogP contribution < -0.4 is 0 Å². The van der Waals surface area contributed by atoms with E-state index in [1.807, 2.05) is 12.1 Å². The number of benzene rings is 2. The van der Waals surface area contributed by atoms with Gasteiger partial charge in [0.05, 0.1) is 6.10 Å². The lowest BCUT2D eigenvalue weighted by Gasteiger charge is -2.24. The number of hydrogen-bond acceptors (Lipinski definition) is 2. The molecule has 0 aromatic heterocycles. The van der Waals surface area contributed by atoms with Gasteiger partial charge < -0.3 is 9.64 Å². The van der Waals surface area contributed by atoms with Crippen molar-refractivity contribution in [2.75, 3.05) is 13.2 Å². The summed E-state index contributed by atoms with van der Waals surface area (Å²) < 4.78 is 18.8. The summed E-state index contributed by atoms with van der Waals surface area (Å²) in [5.41, 5.74) is 1.79. The molecule has 1 aliphatic heterocycles. The summed E-state index contributed by atoms with van der Waals surface area (Å²) in [6.45, 7) is 1.69. The first-order chi connectivity index (χ1) is 12.6. The predicted octanol–water partition coefficient (Wildman–Crippen LogP) is 4.70. The van der Waals surface area contributed by atoms with E-state index in [4.69, 9.17) is 16.3 Å². The first-order valence-corrected chi connectivity index (χ1v) is 9.06. The smallest absolute Gasteiger partial charge is 0.246 e. The van der Waals surface area contributed by atoms with Gasteiger partial charge in [0, 0.05) is 30.8 Å². The lowest BCUT2D eigenvalue weighted by molar-refractivity contribution is -0.128. The molecule has 26 heavy (non-hydrogen) atoms. The zero-order valence-electron chi connectivity index (χ0n) is 14.4. The van der Waals surface area contributed by atoms with Gasteiger partial charge in [0.1, 0.15) is 5.82 Å². The van der Waals surface area contributed by atoms with Crippen molar-refractivity contribution < 1.29 is 13.9 Å². The van der Waals surface area contributed by atoms with Crippen LogP contribution in [0.2, 0.25) is 5.02 Å². The number of nitrogens with zero attached hydrogens (tertiary/aromatic N) is 1. The Labute approximate surface area is 158 Å². The lowest BCUT2D eigenvalue weighted by atomic mass is 10.1. The van der Waals surface area contributed by atoms with Crippen LogP contribution in [0.3, 0.4) is 0 Å². The Balaban J connectivity index is 1.71. The number of halogens is 2. The molecule has 0 aliphatic carbocycles. The third kappa shape index (κ3) is 5.41. The molecule has 1 amide bonds. The van der Waals surface area contributed by atoms with Crippen LogP contribution in [0.25, 0.3) is 6.08 Å². The van der Waals surface area contributed by atoms with Gasteiger partial charge in [-0.15, -0.1) is 0 Å². The molecule has 5 heteroatoms. The maximum atomic E-state index is 13.1. The van der Waals surface area contributed by atoms with Gasteiger partial charge in [-0.3, -0.25) is 4.79 Å². The molecule has 0 spiro atoms. The molecular weight excluding hydrogens is 353 g/mol. The summed E-state index contributed by atoms with van der Waals surface area (Å²) in [6.07, 6.45) is 5.36. The number of rotatable bonds is 6. The van der Waals surface area contributed by atoms with E-state index in [1.165, 1.54) is 12.1 Å². The first kappa shape index (κ1) is 18.6. The van der Waals surface area contributed by atoms with Gasteiger partial charge in [-0.2, -0.15) is 0 Å². The Hall–Kier alpha value is -2.17. The summed E-state index contributed by atoms with van der Waals surface area (Å²) in [5, 5.41) is 0.657. The zero-order valence-corrected chi connectivity index (χ0v) is 15.2. The predicted molar refractivity (Wildman–Crippen MR) is 101 cm³/mol. The normalized spacial score (nSPS) is 16.9. The van der Waals surface area contributed by atoms with E-state index < -0.39 is 0 Å². The van der Waals surface area contributed by atoms with Gasteiger partial charge >= 0.3 is 0 Å². The highest BCUT2D eigenvalue weighted by molar-refractivity contribution is 6.30. The number of ether oxygens (including phenoxy) is 1. The fourth-order valence-corrected chi connectivity index (χ4v) is 3.05. The highest BCUT2D eigenvalue weighted by atomic mass is 35.5. The van der Waals surface area contributed by atoms with Crippen LogP contribution in [-0.2, 0) is 16.1 Å². The van der Waals surface area contributed by atoms with E-state index in [-0.39, 0.29) is 17.8 Å². The third-order valence-corrected chi connectivity index (χ3v) is 4.59. The van der Waals surface area contributed by atoms with Crippen molar-refractivity contribution in [2.24, 2.45) is 0 Å². The molecule has 2 aromatic carbocycles. The maximum Gasteiger partial charge on any atom is 0.246 e. The molecule has 3 rings (SSSR count). The summed E-state index contributed by atoms with van der Waals surface area (Å²) >= 11 is 5.88. The van der Waals surface area contributed by atoms with Crippen LogP contribution in [0, 0.1) is 5.82 Å². The van der Waals surface area contributed by atoms with Crippen molar-refractivity contribution in [1.82, 2.24) is 4.90 Å². The molecule has 1 heterocycles. The Bertz CT molecular complexity index is 753. The van der Waals surface area contributed by atoms with E-state index >= 15 is 0 Å². The molecule has 1 atom stereocenters. The van der Waals surface area contributed by atoms with Crippen LogP contribution in [0.15, 0.2) is 54.6 Å². The standard InChI is InChI=1S/C21H21ClFNO2/c22-18-8-3-16(4-9-18)7-12-21(25)24(15-20-2-1-13-26-20)14-17-5-10-19(23)11-6-17/h3-12,20H,1-2,13-15H2/b12-7+. The molecule has 1 fully saturated rings. The van der Waals surface area contributed by atoms with Crippen molar-refractivity contribution in [3.8, 4) is 0 Å². The van der Waals surface area contributed by atoms with E-state index in [1.54, 1.807) is 41.3 Å². The monoisotopic (exact) mass is 373 g/mol. The molecule has 0 radical (unpaired) electrons. The lowest BCUT2D eigenvalue weighted by Crippen LogP contribution is -2.35. The van der Waals surface area contributed by atoms with Crippen LogP contribution in [0.1, 0.15) is 24.0 Å². The summed E-state index contributed by atoms with van der Waals surface area (Å²) in [6, 6.07) is 13.5. The number of amides is 1. The highest BCUT2D eigenvalue weighted by Gasteiger charge is 2.21. The van der Waals surface area contributed by atoms with Gasteiger partial charge in [-0.05, 0) is 54.3 Å². The van der Waals surface area contributed by atoms with Gasteiger partial charge in [-0.1, -0.05) is 35.9 Å². The van der Waals surface area contributed by atoms with Crippen LogP contribution in [-0.4, -0.2) is 30.1 Å². The molecule has 2 aromatic rings. The van der Waals surface area contributed by atoms with Crippen molar-refractivity contribution in [1.29, 1.82) is 0 Å². The minimum Gasteiger partial charge on any atom is -0.376 e. The van der Waals surface area contributed by atoms with Crippen LogP contribution >= 0.6 is 11.6 Å². The second-order valence-electron chi connectivity index (χ2n) is 6.37. The molecule has 1 aliphatic rings. The molecule has 0 saturated carbocycles. The summed E-state index contributed by atoms with van der Waals surface area (Å²) in [4.78, 5) is 14.5. The van der Waals surface area contributed by atoms with Crippen molar-refractivity contribution >= 4 is 23.6 Å². The Morgan fingerprint density at radius 3 is 2.58 bits per heavy atom. The number of carbonyl (C=O) groups is 1. The van der Waals surface area contributed by atoms with Gasteiger partial charge in [-0.25, -0.2) is 4.39 Å². The van der Waals surface area contributed by atoms with Crippen LogP contribution in [0.5, 0.6) is 0 Å². The third-order valence-electron chi connectivity index (χ3n) is 4.33. The van der Waals surface area contributed by atoms with E-state index in [9.17, 15) is 9.18 Å². The average molecular weight is 374 g/mol. The molecule has 0 bridgehead atoms. The Kier molecular flexibility index (Phi) is 6.42. The molecule has 0 N–H and O–H groups in total. The summed E-state index contributed by atoms with van der Waals surface area (Å²) in [5.74, 6) is -0.381. The number of hydrogen-bond donors (Lipinski definition) is 0. The zero-order chi connectivity index (χ0) is 18.4. The van der Waals surface area contributed by atoms with Crippen LogP contribution in [0.4, 0.5) is 4.39 Å². The Morgan fingerprint density at radius 2 is 1.92 bits per heavy atom. The fourth-order valence-electron chi connectivity index (χ4n) is 2.92. The van der Waals surface area contributed by atoms with E-state index in [2.05, 4.69) is 0 Å². The fraction of sp³-hybridized carbons (Fsp3) is 0.286. The molecular formula is C21H21ClFNO2. The van der Waals surface area contributed by atoms with Gasteiger partial charge in [0.25, 0.3) is 0 Å². The average Bonchev–Trinajstić information content (AvgIpc) is 3.15. The second-order valence-corrected chi connectivity index (χ2v) is 6.80. The van der Waals surface area contributed by atoms with Crippen molar-refractivity contribution in [3.05, 3.63) is 76.6 Å². The minimum absolute atomic E-state index is 0.0586. The van der Waals surface area contributed by atoms with E-state index in [0.717, 1.165) is 30.6 Å². The summed E-state index contributed by atoms with van der Waals surface area (Å²) in [7, 11) is 0. The van der Waals surface area contributed by atoms with Crippen molar-refractivity contribution in [2.45, 2.75) is 25.5 Å². The van der Waals surface area contributed by atoms with Gasteiger partial charge in [0.15, 0.2) is 0 Å². The quantitative estimate of drug-likeness (QED) is 0.687. The molecule has 136 valence electrons. The SMILES string of the molecule is O=C(/C=C/c1ccc(Cl)cc1)N(Cc1ccc(F)cc1)CC1CCCO1. The van der Waals surface area contributed by atoms with Crippen molar-refractivity contribution in [3.63, 3.8) is 0 Å². The molecule has 1 saturated heterocycles.